The predicted octanol–water partition coefficient (Wildman–Crippen LogP) is 5.27. The summed E-state index contributed by atoms with van der Waals surface area (Å²) in [7, 11) is -3.30. The first kappa shape index (κ1) is 28.2. The second-order valence-electron chi connectivity index (χ2n) is 11.1. The van der Waals surface area contributed by atoms with E-state index in [1.54, 1.807) is 24.5 Å². The van der Waals surface area contributed by atoms with Gasteiger partial charge in [0.25, 0.3) is 0 Å². The van der Waals surface area contributed by atoms with Gasteiger partial charge in [-0.15, -0.1) is 6.58 Å². The Morgan fingerprint density at radius 1 is 1.20 bits per heavy atom. The summed E-state index contributed by atoms with van der Waals surface area (Å²) in [5, 5.41) is 4.27. The van der Waals surface area contributed by atoms with E-state index < -0.39 is 15.6 Å². The zero-order valence-corrected chi connectivity index (χ0v) is 24.4. The molecule has 1 saturated carbocycles. The van der Waals surface area contributed by atoms with Crippen LogP contribution in [0.25, 0.3) is 33.8 Å². The van der Waals surface area contributed by atoms with Crippen LogP contribution in [0, 0.1) is 17.8 Å². The number of aromatic amines is 1. The maximum Gasteiger partial charge on any atom is 0.439 e. The molecule has 0 amide bonds. The number of halogens is 1. The molecule has 5 rings (SSSR count). The molecule has 4 aromatic heterocycles. The lowest BCUT2D eigenvalue weighted by molar-refractivity contribution is 0.279. The average Bonchev–Trinajstić information content (AvgIpc) is 3.50. The van der Waals surface area contributed by atoms with Crippen molar-refractivity contribution < 1.29 is 12.9 Å². The molecule has 10 nitrogen and oxygen atoms in total. The third-order valence-electron chi connectivity index (χ3n) is 7.70. The lowest BCUT2D eigenvalue weighted by atomic mass is 9.82. The first-order chi connectivity index (χ1) is 19.0. The molecule has 1 atom stereocenters. The number of H-pyrrole nitrogens is 1. The number of pyridine rings is 2. The van der Waals surface area contributed by atoms with E-state index in [1.165, 1.54) is 6.26 Å². The van der Waals surface area contributed by atoms with Gasteiger partial charge in [-0.3, -0.25) is 14.5 Å². The highest BCUT2D eigenvalue weighted by atomic mass is 35.5. The molecule has 4 aromatic rings. The zero-order chi connectivity index (χ0) is 28.6. The largest absolute Gasteiger partial charge is 0.439 e. The smallest absolute Gasteiger partial charge is 0.326 e. The third-order valence-corrected chi connectivity index (χ3v) is 8.87. The van der Waals surface area contributed by atoms with Crippen LogP contribution in [0.4, 0.5) is 0 Å². The van der Waals surface area contributed by atoms with Crippen molar-refractivity contribution in [2.75, 3.05) is 12.0 Å². The van der Waals surface area contributed by atoms with Crippen LogP contribution in [0.5, 0.6) is 0 Å². The highest BCUT2D eigenvalue weighted by Gasteiger charge is 2.31. The lowest BCUT2D eigenvalue weighted by Crippen LogP contribution is -2.25. The molecule has 0 saturated heterocycles. The van der Waals surface area contributed by atoms with Gasteiger partial charge in [-0.25, -0.2) is 23.2 Å². The van der Waals surface area contributed by atoms with Gasteiger partial charge < -0.3 is 4.57 Å². The van der Waals surface area contributed by atoms with Crippen molar-refractivity contribution in [3.8, 4) is 22.8 Å². The fourth-order valence-electron chi connectivity index (χ4n) is 5.60. The van der Waals surface area contributed by atoms with Crippen molar-refractivity contribution in [2.45, 2.75) is 52.0 Å². The Hall–Kier alpha value is -3.31. The van der Waals surface area contributed by atoms with Crippen molar-refractivity contribution in [3.05, 3.63) is 58.6 Å². The number of fused-ring (bicyclic) bond motifs is 1. The summed E-state index contributed by atoms with van der Waals surface area (Å²) in [5.74, 6) is 0.717. The lowest BCUT2D eigenvalue weighted by Gasteiger charge is -2.29. The van der Waals surface area contributed by atoms with Crippen molar-refractivity contribution in [2.24, 2.45) is 17.8 Å². The van der Waals surface area contributed by atoms with Gasteiger partial charge in [-0.1, -0.05) is 36.7 Å². The summed E-state index contributed by atoms with van der Waals surface area (Å²) in [5.41, 5.74) is 2.96. The van der Waals surface area contributed by atoms with Crippen molar-refractivity contribution in [1.82, 2.24) is 29.7 Å². The van der Waals surface area contributed by atoms with E-state index in [-0.39, 0.29) is 23.4 Å². The molecule has 1 fully saturated rings. The summed E-state index contributed by atoms with van der Waals surface area (Å²) < 4.78 is 32.0. The minimum absolute atomic E-state index is 0.0115. The Labute approximate surface area is 237 Å². The maximum atomic E-state index is 12.5. The molecule has 0 radical (unpaired) electrons. The molecule has 1 aliphatic rings. The van der Waals surface area contributed by atoms with Gasteiger partial charge in [0, 0.05) is 36.7 Å². The van der Waals surface area contributed by atoms with E-state index in [9.17, 15) is 13.2 Å². The topological polar surface area (TPSA) is 137 Å². The minimum atomic E-state index is -3.30. The Bertz CT molecular complexity index is 1700. The molecule has 0 aromatic carbocycles. The Morgan fingerprint density at radius 3 is 2.55 bits per heavy atom. The molecule has 4 heterocycles. The number of aromatic nitrogens is 6. The van der Waals surface area contributed by atoms with Crippen LogP contribution in [-0.4, -0.2) is 50.1 Å². The van der Waals surface area contributed by atoms with E-state index in [2.05, 4.69) is 26.3 Å². The van der Waals surface area contributed by atoms with Crippen molar-refractivity contribution in [1.29, 1.82) is 0 Å². The van der Waals surface area contributed by atoms with Gasteiger partial charge in [0.2, 0.25) is 5.82 Å². The van der Waals surface area contributed by atoms with Gasteiger partial charge >= 0.3 is 5.76 Å². The molecule has 0 bridgehead atoms. The molecule has 40 heavy (non-hydrogen) atoms. The fraction of sp³-hybridized carbons (Fsp3) is 0.464. The summed E-state index contributed by atoms with van der Waals surface area (Å²) in [6.07, 6.45) is 10.7. The second kappa shape index (κ2) is 11.3. The van der Waals surface area contributed by atoms with Crippen LogP contribution < -0.4 is 5.76 Å². The number of hydrogen-bond donors (Lipinski definition) is 1. The number of imidazole rings is 1. The van der Waals surface area contributed by atoms with Crippen LogP contribution in [0.3, 0.4) is 0 Å². The number of nitrogens with zero attached hydrogens (tertiary/aromatic N) is 5. The average molecular weight is 585 g/mol. The number of rotatable bonds is 9. The number of hydrogen-bond acceptors (Lipinski definition) is 8. The standard InChI is InChI=1S/C28H33ClN6O4S/c1-5-17-6-8-18(9-7-17)14-35-25-22(32-27(35)21(16(2)3)15-40(4,37)38)11-23(26-33-28(36)39-34-26)31-24(25)19-10-20(29)13-30-12-19/h5,10-13,16-18,21H,1,6-9,14-15H2,2-4H3,(H,33,34,36). The zero-order valence-electron chi connectivity index (χ0n) is 22.8. The number of allylic oxidation sites excluding steroid dienone is 1. The van der Waals surface area contributed by atoms with Crippen molar-refractivity contribution in [3.63, 3.8) is 0 Å². The summed E-state index contributed by atoms with van der Waals surface area (Å²) in [6.45, 7) is 8.67. The fourth-order valence-corrected chi connectivity index (χ4v) is 6.96. The molecule has 12 heteroatoms. The quantitative estimate of drug-likeness (QED) is 0.263. The molecule has 1 unspecified atom stereocenters. The molecule has 0 aliphatic heterocycles. The molecule has 0 spiro atoms. The number of sulfone groups is 1. The summed E-state index contributed by atoms with van der Waals surface area (Å²) in [6, 6.07) is 3.52. The highest BCUT2D eigenvalue weighted by molar-refractivity contribution is 7.90. The Kier molecular flexibility index (Phi) is 7.96. The summed E-state index contributed by atoms with van der Waals surface area (Å²) >= 11 is 6.34. The van der Waals surface area contributed by atoms with E-state index >= 15 is 0 Å². The predicted molar refractivity (Wildman–Crippen MR) is 155 cm³/mol. The van der Waals surface area contributed by atoms with Crippen LogP contribution in [0.1, 0.15) is 51.3 Å². The van der Waals surface area contributed by atoms with Crippen LogP contribution in [-0.2, 0) is 16.4 Å². The van der Waals surface area contributed by atoms with E-state index in [0.717, 1.165) is 31.2 Å². The molecule has 1 aliphatic carbocycles. The van der Waals surface area contributed by atoms with Gasteiger partial charge in [0.1, 0.15) is 21.4 Å². The van der Waals surface area contributed by atoms with Crippen LogP contribution >= 0.6 is 11.6 Å². The normalized spacial score (nSPS) is 18.8. The van der Waals surface area contributed by atoms with E-state index in [0.29, 0.717) is 51.7 Å². The SMILES string of the molecule is C=CC1CCC(Cn2c(C(CS(C)(=O)=O)C(C)C)nc3cc(-c4noc(=O)[nH]4)nc(-c4cncc(Cl)c4)c32)CC1. The molecule has 212 valence electrons. The number of nitrogens with one attached hydrogen (secondary N) is 1. The van der Waals surface area contributed by atoms with Gasteiger partial charge in [-0.05, 0) is 55.6 Å². The minimum Gasteiger partial charge on any atom is -0.326 e. The second-order valence-corrected chi connectivity index (χ2v) is 13.7. The van der Waals surface area contributed by atoms with Crippen LogP contribution in [0.15, 0.2) is 46.5 Å². The molecular formula is C28H33ClN6O4S. The van der Waals surface area contributed by atoms with Gasteiger partial charge in [0.05, 0.1) is 27.5 Å². The highest BCUT2D eigenvalue weighted by Crippen LogP contribution is 2.38. The summed E-state index contributed by atoms with van der Waals surface area (Å²) in [4.78, 5) is 28.5. The molecular weight excluding hydrogens is 552 g/mol. The Balaban J connectivity index is 1.77. The van der Waals surface area contributed by atoms with E-state index in [1.807, 2.05) is 19.9 Å². The van der Waals surface area contributed by atoms with Gasteiger partial charge in [-0.2, -0.15) is 0 Å². The monoisotopic (exact) mass is 584 g/mol. The first-order valence-corrected chi connectivity index (χ1v) is 15.8. The van der Waals surface area contributed by atoms with Gasteiger partial charge in [0.15, 0.2) is 0 Å². The maximum absolute atomic E-state index is 12.5. The van der Waals surface area contributed by atoms with Crippen molar-refractivity contribution >= 4 is 32.5 Å². The first-order valence-electron chi connectivity index (χ1n) is 13.4. The molecule has 1 N–H and O–H groups in total. The van der Waals surface area contributed by atoms with E-state index in [4.69, 9.17) is 26.1 Å². The Morgan fingerprint density at radius 2 is 1.95 bits per heavy atom. The van der Waals surface area contributed by atoms with Crippen LogP contribution in [0.2, 0.25) is 5.02 Å². The third kappa shape index (κ3) is 6.05.